The van der Waals surface area contributed by atoms with Gasteiger partial charge in [-0.25, -0.2) is 0 Å². The van der Waals surface area contributed by atoms with Gasteiger partial charge < -0.3 is 9.64 Å². The number of nitrogens with zero attached hydrogens (tertiary/aromatic N) is 1. The Morgan fingerprint density at radius 1 is 1.25 bits per heavy atom. The van der Waals surface area contributed by atoms with Gasteiger partial charge in [0, 0.05) is 17.6 Å². The van der Waals surface area contributed by atoms with E-state index >= 15 is 0 Å². The van der Waals surface area contributed by atoms with E-state index in [4.69, 9.17) is 4.74 Å². The highest BCUT2D eigenvalue weighted by atomic mass is 79.9. The van der Waals surface area contributed by atoms with E-state index in [9.17, 15) is 4.79 Å². The minimum Gasteiger partial charge on any atom is -0.496 e. The molecule has 0 fully saturated rings. The van der Waals surface area contributed by atoms with Gasteiger partial charge >= 0.3 is 0 Å². The highest BCUT2D eigenvalue weighted by molar-refractivity contribution is 9.10. The van der Waals surface area contributed by atoms with Crippen molar-refractivity contribution < 1.29 is 9.53 Å². The molecular weight excluding hydrogens is 318 g/mol. The van der Waals surface area contributed by atoms with Crippen molar-refractivity contribution in [3.05, 3.63) is 40.4 Å². The number of ether oxygens (including phenoxy) is 1. The van der Waals surface area contributed by atoms with E-state index in [0.29, 0.717) is 24.4 Å². The van der Waals surface area contributed by atoms with Gasteiger partial charge in [-0.3, -0.25) is 4.79 Å². The molecule has 0 aliphatic heterocycles. The maximum Gasteiger partial charge on any atom is 0.258 e. The summed E-state index contributed by atoms with van der Waals surface area (Å²) in [6.07, 6.45) is 0. The molecule has 0 unspecified atom stereocenters. The average molecular weight is 336 g/mol. The molecule has 0 aromatic heterocycles. The van der Waals surface area contributed by atoms with Crippen molar-refractivity contribution in [1.29, 1.82) is 0 Å². The lowest BCUT2D eigenvalue weighted by atomic mass is 10.0. The van der Waals surface area contributed by atoms with Crippen molar-refractivity contribution in [2.45, 2.75) is 13.8 Å². The second kappa shape index (κ2) is 6.27. The van der Waals surface area contributed by atoms with Gasteiger partial charge in [0.15, 0.2) is 0 Å². The number of hydrogen-bond donors (Lipinski definition) is 0. The first-order valence-corrected chi connectivity index (χ1v) is 7.47. The van der Waals surface area contributed by atoms with Crippen molar-refractivity contribution in [1.82, 2.24) is 4.90 Å². The highest BCUT2D eigenvalue weighted by Gasteiger charge is 2.22. The minimum atomic E-state index is -0.00974. The summed E-state index contributed by atoms with van der Waals surface area (Å²) in [5.74, 6) is 0.594. The quantitative estimate of drug-likeness (QED) is 0.842. The second-order valence-corrected chi connectivity index (χ2v) is 5.26. The molecule has 1 amide bonds. The predicted octanol–water partition coefficient (Wildman–Crippen LogP) is 4.09. The summed E-state index contributed by atoms with van der Waals surface area (Å²) in [4.78, 5) is 14.5. The summed E-state index contributed by atoms with van der Waals surface area (Å²) in [5, 5.41) is 2.07. The molecule has 0 radical (unpaired) electrons. The standard InChI is InChI=1S/C16H18BrNO2/c1-4-18(5-2)16(19)14-13(20-3)10-11-8-6-7-9-12(11)15(14)17/h6-10H,4-5H2,1-3H3. The average Bonchev–Trinajstić information content (AvgIpc) is 2.48. The van der Waals surface area contributed by atoms with Gasteiger partial charge in [-0.1, -0.05) is 24.3 Å². The van der Waals surface area contributed by atoms with Crippen LogP contribution in [-0.2, 0) is 0 Å². The molecule has 0 atom stereocenters. The Morgan fingerprint density at radius 2 is 1.90 bits per heavy atom. The fourth-order valence-electron chi connectivity index (χ4n) is 2.31. The zero-order valence-electron chi connectivity index (χ0n) is 11.9. The van der Waals surface area contributed by atoms with Crippen molar-refractivity contribution in [2.24, 2.45) is 0 Å². The molecule has 0 N–H and O–H groups in total. The maximum absolute atomic E-state index is 12.7. The van der Waals surface area contributed by atoms with Crippen molar-refractivity contribution in [3.8, 4) is 5.75 Å². The Morgan fingerprint density at radius 3 is 2.50 bits per heavy atom. The normalized spacial score (nSPS) is 10.6. The van der Waals surface area contributed by atoms with E-state index in [-0.39, 0.29) is 5.91 Å². The van der Waals surface area contributed by atoms with Gasteiger partial charge in [-0.15, -0.1) is 0 Å². The number of fused-ring (bicyclic) bond motifs is 1. The zero-order valence-corrected chi connectivity index (χ0v) is 13.5. The minimum absolute atomic E-state index is 0.00974. The number of carbonyl (C=O) groups excluding carboxylic acids is 1. The summed E-state index contributed by atoms with van der Waals surface area (Å²) in [6.45, 7) is 5.31. The summed E-state index contributed by atoms with van der Waals surface area (Å²) < 4.78 is 6.21. The number of carbonyl (C=O) groups is 1. The number of halogens is 1. The Hall–Kier alpha value is -1.55. The van der Waals surface area contributed by atoms with Crippen LogP contribution in [-0.4, -0.2) is 31.0 Å². The highest BCUT2D eigenvalue weighted by Crippen LogP contribution is 2.35. The Kier molecular flexibility index (Phi) is 4.65. The number of benzene rings is 2. The molecule has 0 aliphatic rings. The van der Waals surface area contributed by atoms with Crippen LogP contribution in [0.4, 0.5) is 0 Å². The third-order valence-electron chi connectivity index (χ3n) is 3.43. The van der Waals surface area contributed by atoms with Crippen LogP contribution in [0.2, 0.25) is 0 Å². The molecule has 0 saturated carbocycles. The third kappa shape index (κ3) is 2.52. The van der Waals surface area contributed by atoms with Crippen molar-refractivity contribution in [2.75, 3.05) is 20.2 Å². The van der Waals surface area contributed by atoms with Crippen LogP contribution in [0.15, 0.2) is 34.8 Å². The lowest BCUT2D eigenvalue weighted by Crippen LogP contribution is -2.31. The van der Waals surface area contributed by atoms with Gasteiger partial charge in [0.1, 0.15) is 5.75 Å². The van der Waals surface area contributed by atoms with Crippen LogP contribution < -0.4 is 4.74 Å². The van der Waals surface area contributed by atoms with Crippen LogP contribution in [0, 0.1) is 0 Å². The van der Waals surface area contributed by atoms with Gasteiger partial charge in [-0.05, 0) is 46.6 Å². The molecule has 2 aromatic carbocycles. The fourth-order valence-corrected chi connectivity index (χ4v) is 3.03. The summed E-state index contributed by atoms with van der Waals surface area (Å²) in [7, 11) is 1.59. The SMILES string of the molecule is CCN(CC)C(=O)c1c(OC)cc2ccccc2c1Br. The number of hydrogen-bond acceptors (Lipinski definition) is 2. The number of amides is 1. The molecule has 20 heavy (non-hydrogen) atoms. The van der Waals surface area contributed by atoms with E-state index in [1.807, 2.05) is 44.2 Å². The maximum atomic E-state index is 12.7. The first-order valence-electron chi connectivity index (χ1n) is 6.68. The number of methoxy groups -OCH3 is 1. The molecule has 0 spiro atoms. The first-order chi connectivity index (χ1) is 9.63. The molecule has 4 heteroatoms. The van der Waals surface area contributed by atoms with Crippen molar-refractivity contribution >= 4 is 32.6 Å². The van der Waals surface area contributed by atoms with Gasteiger partial charge in [0.25, 0.3) is 5.91 Å². The fraction of sp³-hybridized carbons (Fsp3) is 0.312. The van der Waals surface area contributed by atoms with E-state index in [1.54, 1.807) is 12.0 Å². The van der Waals surface area contributed by atoms with Crippen LogP contribution in [0.5, 0.6) is 5.75 Å². The van der Waals surface area contributed by atoms with Crippen LogP contribution in [0.3, 0.4) is 0 Å². The molecule has 2 aromatic rings. The van der Waals surface area contributed by atoms with Gasteiger partial charge in [0.05, 0.1) is 12.7 Å². The molecule has 106 valence electrons. The monoisotopic (exact) mass is 335 g/mol. The molecule has 3 nitrogen and oxygen atoms in total. The van der Waals surface area contributed by atoms with E-state index in [0.717, 1.165) is 15.2 Å². The van der Waals surface area contributed by atoms with Crippen molar-refractivity contribution in [3.63, 3.8) is 0 Å². The lowest BCUT2D eigenvalue weighted by molar-refractivity contribution is 0.0769. The number of rotatable bonds is 4. The Balaban J connectivity index is 2.67. The molecule has 0 heterocycles. The second-order valence-electron chi connectivity index (χ2n) is 4.47. The summed E-state index contributed by atoms with van der Waals surface area (Å²) in [5.41, 5.74) is 0.592. The molecule has 0 bridgehead atoms. The smallest absolute Gasteiger partial charge is 0.258 e. The predicted molar refractivity (Wildman–Crippen MR) is 85.5 cm³/mol. The summed E-state index contributed by atoms with van der Waals surface area (Å²) in [6, 6.07) is 9.86. The third-order valence-corrected chi connectivity index (χ3v) is 4.26. The lowest BCUT2D eigenvalue weighted by Gasteiger charge is -2.21. The largest absolute Gasteiger partial charge is 0.496 e. The molecule has 0 saturated heterocycles. The van der Waals surface area contributed by atoms with E-state index in [1.165, 1.54) is 0 Å². The Labute approximate surface area is 127 Å². The molecule has 2 rings (SSSR count). The Bertz CT molecular complexity index is 636. The molecule has 0 aliphatic carbocycles. The van der Waals surface area contributed by atoms with Crippen LogP contribution in [0.1, 0.15) is 24.2 Å². The van der Waals surface area contributed by atoms with Gasteiger partial charge in [-0.2, -0.15) is 0 Å². The van der Waals surface area contributed by atoms with Crippen LogP contribution in [0.25, 0.3) is 10.8 Å². The zero-order chi connectivity index (χ0) is 14.7. The first kappa shape index (κ1) is 14.9. The van der Waals surface area contributed by atoms with Crippen LogP contribution >= 0.6 is 15.9 Å². The van der Waals surface area contributed by atoms with E-state index in [2.05, 4.69) is 15.9 Å². The summed E-state index contributed by atoms with van der Waals surface area (Å²) >= 11 is 3.57. The molecular formula is C16H18BrNO2. The topological polar surface area (TPSA) is 29.5 Å². The van der Waals surface area contributed by atoms with E-state index < -0.39 is 0 Å². The van der Waals surface area contributed by atoms with Gasteiger partial charge in [0.2, 0.25) is 0 Å².